The van der Waals surface area contributed by atoms with Crippen LogP contribution in [0.5, 0.6) is 0 Å². The van der Waals surface area contributed by atoms with Crippen molar-refractivity contribution in [3.05, 3.63) is 34.3 Å². The van der Waals surface area contributed by atoms with Crippen molar-refractivity contribution in [2.75, 3.05) is 7.05 Å². The van der Waals surface area contributed by atoms with E-state index in [1.165, 1.54) is 4.90 Å². The zero-order valence-electron chi connectivity index (χ0n) is 10.2. The molecule has 0 bridgehead atoms. The quantitative estimate of drug-likeness (QED) is 0.592. The molecule has 1 fully saturated rings. The first kappa shape index (κ1) is 13.2. The van der Waals surface area contributed by atoms with Gasteiger partial charge >= 0.3 is 0 Å². The van der Waals surface area contributed by atoms with Crippen LogP contribution in [0.4, 0.5) is 0 Å². The molecule has 1 aromatic carbocycles. The highest BCUT2D eigenvalue weighted by Gasteiger charge is 2.49. The van der Waals surface area contributed by atoms with Crippen LogP contribution in [0, 0.1) is 10.8 Å². The van der Waals surface area contributed by atoms with E-state index in [0.29, 0.717) is 18.7 Å². The normalized spacial score (nSPS) is 26.3. The third-order valence-electron chi connectivity index (χ3n) is 3.55. The number of halogens is 1. The molecule has 0 heterocycles. The van der Waals surface area contributed by atoms with Crippen LogP contribution in [0.3, 0.4) is 0 Å². The van der Waals surface area contributed by atoms with Crippen molar-refractivity contribution in [2.45, 2.75) is 24.4 Å². The highest BCUT2D eigenvalue weighted by molar-refractivity contribution is 9.10. The van der Waals surface area contributed by atoms with Gasteiger partial charge in [0, 0.05) is 11.5 Å². The lowest BCUT2D eigenvalue weighted by atomic mass is 9.61. The number of hydrogen-bond acceptors (Lipinski definition) is 3. The van der Waals surface area contributed by atoms with Crippen LogP contribution in [0.15, 0.2) is 28.7 Å². The summed E-state index contributed by atoms with van der Waals surface area (Å²) in [5.74, 6) is 0.362. The van der Waals surface area contributed by atoms with Crippen LogP contribution in [-0.4, -0.2) is 35.3 Å². The standard InChI is InChI=1S/C13H16BrN3O/c1-17(8-15)12(16)13(6-11(18)7-13)9-3-2-4-10(14)5-9/h2-5,8,11,15-16,18H,6-7H2,1H3. The molecule has 1 aliphatic carbocycles. The minimum atomic E-state index is -0.463. The van der Waals surface area contributed by atoms with E-state index in [1.54, 1.807) is 7.05 Å². The second kappa shape index (κ2) is 4.82. The molecule has 4 nitrogen and oxygen atoms in total. The number of benzene rings is 1. The Labute approximate surface area is 115 Å². The summed E-state index contributed by atoms with van der Waals surface area (Å²) in [6.45, 7) is 0. The SMILES string of the molecule is CN(C=N)C(=N)C1(c2cccc(Br)c2)CC(O)C1. The van der Waals surface area contributed by atoms with Crippen molar-refractivity contribution in [1.82, 2.24) is 4.90 Å². The van der Waals surface area contributed by atoms with Gasteiger partial charge < -0.3 is 10.0 Å². The van der Waals surface area contributed by atoms with E-state index in [2.05, 4.69) is 15.9 Å². The molecule has 96 valence electrons. The summed E-state index contributed by atoms with van der Waals surface area (Å²) >= 11 is 3.43. The molecule has 2 rings (SSSR count). The maximum absolute atomic E-state index is 9.63. The second-order valence-corrected chi connectivity index (χ2v) is 5.66. The molecular weight excluding hydrogens is 294 g/mol. The summed E-state index contributed by atoms with van der Waals surface area (Å²) in [6, 6.07) is 7.83. The van der Waals surface area contributed by atoms with Gasteiger partial charge in [0.1, 0.15) is 5.84 Å². The lowest BCUT2D eigenvalue weighted by Crippen LogP contribution is -2.54. The Hall–Kier alpha value is -1.20. The summed E-state index contributed by atoms with van der Waals surface area (Å²) in [7, 11) is 1.69. The van der Waals surface area contributed by atoms with Crippen molar-refractivity contribution in [2.24, 2.45) is 0 Å². The Morgan fingerprint density at radius 3 is 2.72 bits per heavy atom. The maximum Gasteiger partial charge on any atom is 0.112 e. The van der Waals surface area contributed by atoms with E-state index >= 15 is 0 Å². The number of rotatable bonds is 3. The van der Waals surface area contributed by atoms with Crippen LogP contribution in [-0.2, 0) is 5.41 Å². The molecule has 0 spiro atoms. The van der Waals surface area contributed by atoms with E-state index in [9.17, 15) is 5.11 Å². The fourth-order valence-electron chi connectivity index (χ4n) is 2.50. The first-order chi connectivity index (χ1) is 8.49. The summed E-state index contributed by atoms with van der Waals surface area (Å²) < 4.78 is 0.964. The zero-order chi connectivity index (χ0) is 13.3. The summed E-state index contributed by atoms with van der Waals surface area (Å²) in [4.78, 5) is 1.49. The van der Waals surface area contributed by atoms with E-state index in [1.807, 2.05) is 24.3 Å². The fraction of sp³-hybridized carbons (Fsp3) is 0.385. The lowest BCUT2D eigenvalue weighted by molar-refractivity contribution is 0.0464. The van der Waals surface area contributed by atoms with Gasteiger partial charge in [-0.2, -0.15) is 0 Å². The highest BCUT2D eigenvalue weighted by atomic mass is 79.9. The number of aliphatic hydroxyl groups excluding tert-OH is 1. The largest absolute Gasteiger partial charge is 0.393 e. The minimum Gasteiger partial charge on any atom is -0.393 e. The molecule has 0 amide bonds. The molecule has 1 aliphatic rings. The third-order valence-corrected chi connectivity index (χ3v) is 4.04. The molecule has 0 unspecified atom stereocenters. The molecular formula is C13H16BrN3O. The number of hydrogen-bond donors (Lipinski definition) is 3. The van der Waals surface area contributed by atoms with Crippen molar-refractivity contribution in [3.8, 4) is 0 Å². The van der Waals surface area contributed by atoms with Crippen molar-refractivity contribution >= 4 is 28.1 Å². The number of aliphatic hydroxyl groups is 1. The second-order valence-electron chi connectivity index (χ2n) is 4.74. The molecule has 1 aromatic rings. The van der Waals surface area contributed by atoms with Gasteiger partial charge in [0.05, 0.1) is 17.9 Å². The van der Waals surface area contributed by atoms with Gasteiger partial charge in [-0.15, -0.1) is 0 Å². The van der Waals surface area contributed by atoms with Crippen molar-refractivity contribution < 1.29 is 5.11 Å². The van der Waals surface area contributed by atoms with Crippen molar-refractivity contribution in [3.63, 3.8) is 0 Å². The lowest BCUT2D eigenvalue weighted by Gasteiger charge is -2.47. The number of amidine groups is 1. The summed E-state index contributed by atoms with van der Waals surface area (Å²) in [5, 5.41) is 25.1. The Bertz CT molecular complexity index is 483. The first-order valence-corrected chi connectivity index (χ1v) is 6.55. The van der Waals surface area contributed by atoms with E-state index in [4.69, 9.17) is 10.8 Å². The van der Waals surface area contributed by atoms with Crippen LogP contribution < -0.4 is 0 Å². The van der Waals surface area contributed by atoms with Gasteiger partial charge in [0.15, 0.2) is 0 Å². The monoisotopic (exact) mass is 309 g/mol. The molecule has 0 aliphatic heterocycles. The summed E-state index contributed by atoms with van der Waals surface area (Å²) in [6.07, 6.45) is 1.86. The fourth-order valence-corrected chi connectivity index (χ4v) is 2.90. The van der Waals surface area contributed by atoms with Crippen LogP contribution >= 0.6 is 15.9 Å². The number of likely N-dealkylation sites (N-methyl/N-ethyl adjacent to an activating group) is 1. The molecule has 0 saturated heterocycles. The molecule has 0 atom stereocenters. The molecule has 3 N–H and O–H groups in total. The first-order valence-electron chi connectivity index (χ1n) is 5.76. The van der Waals surface area contributed by atoms with Gasteiger partial charge in [-0.1, -0.05) is 28.1 Å². The van der Waals surface area contributed by atoms with Crippen LogP contribution in [0.2, 0.25) is 0 Å². The highest BCUT2D eigenvalue weighted by Crippen LogP contribution is 2.45. The van der Waals surface area contributed by atoms with Gasteiger partial charge in [-0.05, 0) is 30.5 Å². The topological polar surface area (TPSA) is 71.2 Å². The minimum absolute atomic E-state index is 0.358. The smallest absolute Gasteiger partial charge is 0.112 e. The van der Waals surface area contributed by atoms with Gasteiger partial charge in [0.2, 0.25) is 0 Å². The number of nitrogens with one attached hydrogen (secondary N) is 2. The average molecular weight is 310 g/mol. The average Bonchev–Trinajstić information content (AvgIpc) is 2.32. The Morgan fingerprint density at radius 1 is 1.56 bits per heavy atom. The molecule has 5 heteroatoms. The summed E-state index contributed by atoms with van der Waals surface area (Å²) in [5.41, 5.74) is 0.552. The van der Waals surface area contributed by atoms with Gasteiger partial charge in [0.25, 0.3) is 0 Å². The molecule has 1 saturated carbocycles. The zero-order valence-corrected chi connectivity index (χ0v) is 11.7. The van der Waals surface area contributed by atoms with E-state index < -0.39 is 5.41 Å². The Balaban J connectivity index is 2.39. The van der Waals surface area contributed by atoms with Gasteiger partial charge in [-0.25, -0.2) is 0 Å². The predicted octanol–water partition coefficient (Wildman–Crippen LogP) is 2.36. The maximum atomic E-state index is 9.63. The van der Waals surface area contributed by atoms with E-state index in [-0.39, 0.29) is 6.10 Å². The molecule has 0 radical (unpaired) electrons. The van der Waals surface area contributed by atoms with E-state index in [0.717, 1.165) is 16.4 Å². The molecule has 0 aromatic heterocycles. The van der Waals surface area contributed by atoms with Crippen LogP contribution in [0.1, 0.15) is 18.4 Å². The molecule has 18 heavy (non-hydrogen) atoms. The number of nitrogens with zero attached hydrogens (tertiary/aromatic N) is 1. The van der Waals surface area contributed by atoms with Crippen LogP contribution in [0.25, 0.3) is 0 Å². The van der Waals surface area contributed by atoms with Crippen molar-refractivity contribution in [1.29, 1.82) is 10.8 Å². The Kier molecular flexibility index (Phi) is 3.54. The predicted molar refractivity (Wildman–Crippen MR) is 75.3 cm³/mol. The third kappa shape index (κ3) is 2.08. The Morgan fingerprint density at radius 2 is 2.22 bits per heavy atom. The van der Waals surface area contributed by atoms with Gasteiger partial charge in [-0.3, -0.25) is 10.8 Å².